The number of piperazine rings is 1. The summed E-state index contributed by atoms with van der Waals surface area (Å²) in [6.45, 7) is 5.69. The summed E-state index contributed by atoms with van der Waals surface area (Å²) in [6.07, 6.45) is 4.76. The third-order valence-corrected chi connectivity index (χ3v) is 7.01. The van der Waals surface area contributed by atoms with Crippen molar-refractivity contribution >= 4 is 23.2 Å². The fourth-order valence-electron chi connectivity index (χ4n) is 4.66. The Kier molecular flexibility index (Phi) is 6.10. The van der Waals surface area contributed by atoms with Gasteiger partial charge in [-0.15, -0.1) is 11.3 Å². The van der Waals surface area contributed by atoms with Crippen LogP contribution in [0.15, 0.2) is 17.5 Å². The maximum atomic E-state index is 13.3. The van der Waals surface area contributed by atoms with Crippen molar-refractivity contribution in [1.82, 2.24) is 14.7 Å². The second kappa shape index (κ2) is 8.71. The predicted molar refractivity (Wildman–Crippen MR) is 105 cm³/mol. The fourth-order valence-corrected chi connectivity index (χ4v) is 5.35. The summed E-state index contributed by atoms with van der Waals surface area (Å²) in [6, 6.07) is 3.79. The second-order valence-electron chi connectivity index (χ2n) is 7.73. The molecule has 27 heavy (non-hydrogen) atoms. The molecule has 2 amide bonds. The lowest BCUT2D eigenvalue weighted by Crippen LogP contribution is -2.59. The zero-order chi connectivity index (χ0) is 18.6. The van der Waals surface area contributed by atoms with Gasteiger partial charge in [0.05, 0.1) is 24.1 Å². The van der Waals surface area contributed by atoms with Crippen LogP contribution in [0.1, 0.15) is 35.4 Å². The molecule has 0 bridgehead atoms. The van der Waals surface area contributed by atoms with E-state index in [0.29, 0.717) is 45.3 Å². The van der Waals surface area contributed by atoms with E-state index in [1.54, 1.807) is 0 Å². The third-order valence-electron chi connectivity index (χ3n) is 6.15. The van der Waals surface area contributed by atoms with Gasteiger partial charge in [-0.05, 0) is 30.2 Å². The molecule has 2 saturated heterocycles. The zero-order valence-corrected chi connectivity index (χ0v) is 16.7. The minimum atomic E-state index is -0.0235. The maximum Gasteiger partial charge on any atom is 0.264 e. The minimum absolute atomic E-state index is 0.0235. The first-order valence-electron chi connectivity index (χ1n) is 10.2. The van der Waals surface area contributed by atoms with Crippen LogP contribution >= 0.6 is 11.3 Å². The van der Waals surface area contributed by atoms with Crippen molar-refractivity contribution in [1.29, 1.82) is 0 Å². The molecule has 1 aromatic heterocycles. The van der Waals surface area contributed by atoms with Crippen molar-refractivity contribution in [2.24, 2.45) is 5.92 Å². The van der Waals surface area contributed by atoms with Crippen LogP contribution in [-0.2, 0) is 9.53 Å². The van der Waals surface area contributed by atoms with Crippen LogP contribution in [0.5, 0.6) is 0 Å². The van der Waals surface area contributed by atoms with Crippen LogP contribution in [0.2, 0.25) is 0 Å². The molecule has 4 rings (SSSR count). The van der Waals surface area contributed by atoms with Crippen molar-refractivity contribution in [2.45, 2.75) is 31.7 Å². The lowest BCUT2D eigenvalue weighted by atomic mass is 9.94. The first kappa shape index (κ1) is 18.9. The van der Waals surface area contributed by atoms with Gasteiger partial charge >= 0.3 is 0 Å². The lowest BCUT2D eigenvalue weighted by molar-refractivity contribution is -0.144. The molecular formula is C20H29N3O3S. The summed E-state index contributed by atoms with van der Waals surface area (Å²) in [5.41, 5.74) is 0. The maximum absolute atomic E-state index is 13.3. The largest absolute Gasteiger partial charge is 0.378 e. The summed E-state index contributed by atoms with van der Waals surface area (Å²) in [5, 5.41) is 1.95. The number of carbonyl (C=O) groups excluding carboxylic acids is 2. The Morgan fingerprint density at radius 3 is 2.33 bits per heavy atom. The number of amides is 2. The number of morpholine rings is 1. The van der Waals surface area contributed by atoms with Gasteiger partial charge in [-0.3, -0.25) is 14.5 Å². The Bertz CT molecular complexity index is 631. The van der Waals surface area contributed by atoms with E-state index >= 15 is 0 Å². The van der Waals surface area contributed by atoms with Crippen molar-refractivity contribution in [3.8, 4) is 0 Å². The van der Waals surface area contributed by atoms with E-state index in [1.807, 2.05) is 27.3 Å². The molecule has 1 unspecified atom stereocenters. The smallest absolute Gasteiger partial charge is 0.264 e. The first-order valence-corrected chi connectivity index (χ1v) is 11.1. The van der Waals surface area contributed by atoms with Gasteiger partial charge in [0.25, 0.3) is 5.91 Å². The quantitative estimate of drug-likeness (QED) is 0.787. The van der Waals surface area contributed by atoms with E-state index in [-0.39, 0.29) is 17.9 Å². The SMILES string of the molecule is O=C(c1cccs1)N1CCN(C(C(=O)N2CCOCC2)C2CCCC2)CC1. The molecule has 6 nitrogen and oxygen atoms in total. The highest BCUT2D eigenvalue weighted by Crippen LogP contribution is 2.32. The Hall–Kier alpha value is -1.44. The average Bonchev–Trinajstić information content (AvgIpc) is 3.43. The zero-order valence-electron chi connectivity index (χ0n) is 15.8. The summed E-state index contributed by atoms with van der Waals surface area (Å²) in [5.74, 6) is 0.865. The number of nitrogens with zero attached hydrogens (tertiary/aromatic N) is 3. The summed E-state index contributed by atoms with van der Waals surface area (Å²) in [4.78, 5) is 33.0. The summed E-state index contributed by atoms with van der Waals surface area (Å²) >= 11 is 1.50. The van der Waals surface area contributed by atoms with Gasteiger partial charge in [-0.25, -0.2) is 0 Å². The predicted octanol–water partition coefficient (Wildman–Crippen LogP) is 1.92. The highest BCUT2D eigenvalue weighted by molar-refractivity contribution is 7.12. The van der Waals surface area contributed by atoms with Crippen molar-refractivity contribution in [3.05, 3.63) is 22.4 Å². The van der Waals surface area contributed by atoms with Gasteiger partial charge < -0.3 is 14.5 Å². The number of ether oxygens (including phenoxy) is 1. The Balaban J connectivity index is 1.42. The topological polar surface area (TPSA) is 53.1 Å². The number of hydrogen-bond acceptors (Lipinski definition) is 5. The van der Waals surface area contributed by atoms with Crippen molar-refractivity contribution in [2.75, 3.05) is 52.5 Å². The monoisotopic (exact) mass is 391 g/mol. The van der Waals surface area contributed by atoms with E-state index < -0.39 is 0 Å². The lowest BCUT2D eigenvalue weighted by Gasteiger charge is -2.43. The van der Waals surface area contributed by atoms with Crippen LogP contribution in [0.25, 0.3) is 0 Å². The first-order chi connectivity index (χ1) is 13.2. The Morgan fingerprint density at radius 1 is 1.00 bits per heavy atom. The molecule has 1 saturated carbocycles. The van der Waals surface area contributed by atoms with E-state index in [9.17, 15) is 9.59 Å². The third kappa shape index (κ3) is 4.20. The van der Waals surface area contributed by atoms with Crippen LogP contribution in [0.3, 0.4) is 0 Å². The van der Waals surface area contributed by atoms with E-state index in [1.165, 1.54) is 24.2 Å². The summed E-state index contributed by atoms with van der Waals surface area (Å²) < 4.78 is 5.43. The second-order valence-corrected chi connectivity index (χ2v) is 8.68. The Morgan fingerprint density at radius 2 is 1.70 bits per heavy atom. The number of thiophene rings is 1. The summed E-state index contributed by atoms with van der Waals surface area (Å²) in [7, 11) is 0. The minimum Gasteiger partial charge on any atom is -0.378 e. The molecule has 1 aromatic rings. The average molecular weight is 392 g/mol. The molecule has 1 atom stereocenters. The molecular weight excluding hydrogens is 362 g/mol. The molecule has 3 heterocycles. The van der Waals surface area contributed by atoms with Crippen LogP contribution in [-0.4, -0.2) is 85.0 Å². The van der Waals surface area contributed by atoms with Gasteiger partial charge in [-0.1, -0.05) is 18.9 Å². The van der Waals surface area contributed by atoms with Crippen molar-refractivity contribution in [3.63, 3.8) is 0 Å². The molecule has 1 aliphatic carbocycles. The molecule has 148 valence electrons. The van der Waals surface area contributed by atoms with Gasteiger partial charge in [0.2, 0.25) is 5.91 Å². The molecule has 0 aromatic carbocycles. The molecule has 3 fully saturated rings. The highest BCUT2D eigenvalue weighted by Gasteiger charge is 2.39. The number of carbonyl (C=O) groups is 2. The van der Waals surface area contributed by atoms with Gasteiger partial charge in [-0.2, -0.15) is 0 Å². The van der Waals surface area contributed by atoms with Crippen LogP contribution < -0.4 is 0 Å². The molecule has 0 N–H and O–H groups in total. The highest BCUT2D eigenvalue weighted by atomic mass is 32.1. The van der Waals surface area contributed by atoms with Crippen LogP contribution in [0.4, 0.5) is 0 Å². The van der Waals surface area contributed by atoms with Crippen molar-refractivity contribution < 1.29 is 14.3 Å². The molecule has 2 aliphatic heterocycles. The fraction of sp³-hybridized carbons (Fsp3) is 0.700. The normalized spacial score (nSPS) is 23.6. The van der Waals surface area contributed by atoms with Gasteiger partial charge in [0.1, 0.15) is 0 Å². The molecule has 7 heteroatoms. The molecule has 0 spiro atoms. The number of hydrogen-bond donors (Lipinski definition) is 0. The molecule has 0 radical (unpaired) electrons. The standard InChI is InChI=1S/C20H29N3O3S/c24-19(17-6-3-15-27-17)22-9-7-21(8-10-22)18(16-4-1-2-5-16)20(25)23-11-13-26-14-12-23/h3,6,15-16,18H,1-2,4-5,7-14H2. The Labute approximate surface area is 165 Å². The van der Waals surface area contributed by atoms with Gasteiger partial charge in [0, 0.05) is 39.3 Å². The van der Waals surface area contributed by atoms with E-state index in [4.69, 9.17) is 4.74 Å². The van der Waals surface area contributed by atoms with E-state index in [2.05, 4.69) is 4.90 Å². The van der Waals surface area contributed by atoms with Crippen LogP contribution in [0, 0.1) is 5.92 Å². The van der Waals surface area contributed by atoms with Gasteiger partial charge in [0.15, 0.2) is 0 Å². The molecule has 3 aliphatic rings. The van der Waals surface area contributed by atoms with E-state index in [0.717, 1.165) is 30.8 Å². The number of rotatable bonds is 4.